The van der Waals surface area contributed by atoms with E-state index in [0.717, 1.165) is 18.6 Å². The predicted molar refractivity (Wildman–Crippen MR) is 101 cm³/mol. The molecule has 0 aliphatic carbocycles. The van der Waals surface area contributed by atoms with Crippen LogP contribution in [-0.2, 0) is 9.47 Å². The molecule has 1 N–H and O–H groups in total. The van der Waals surface area contributed by atoms with Crippen molar-refractivity contribution in [2.45, 2.75) is 65.0 Å². The van der Waals surface area contributed by atoms with Crippen molar-refractivity contribution in [2.75, 3.05) is 13.1 Å². The highest BCUT2D eigenvalue weighted by molar-refractivity contribution is 6.83. The highest BCUT2D eigenvalue weighted by Crippen LogP contribution is 2.15. The smallest absolute Gasteiger partial charge is 0.407 e. The average molecular weight is 351 g/mol. The van der Waals surface area contributed by atoms with Crippen molar-refractivity contribution in [3.8, 4) is 11.5 Å². The van der Waals surface area contributed by atoms with Gasteiger partial charge in [-0.05, 0) is 39.2 Å². The number of rotatable bonds is 5. The van der Waals surface area contributed by atoms with Gasteiger partial charge in [0.25, 0.3) is 0 Å². The van der Waals surface area contributed by atoms with Crippen LogP contribution in [0.2, 0.25) is 19.6 Å². The summed E-state index contributed by atoms with van der Waals surface area (Å²) in [6.07, 6.45) is 5.02. The van der Waals surface area contributed by atoms with Gasteiger partial charge in [0, 0.05) is 25.7 Å². The normalized spacial score (nSPS) is 17.8. The minimum Gasteiger partial charge on any atom is -0.477 e. The number of carbonyl (C=O) groups excluding carboxylic acids is 1. The number of hydrogen-bond donors (Lipinski definition) is 1. The highest BCUT2D eigenvalue weighted by atomic mass is 28.3. The van der Waals surface area contributed by atoms with Crippen LogP contribution in [0.15, 0.2) is 16.8 Å². The zero-order valence-corrected chi connectivity index (χ0v) is 16.7. The molecule has 1 amide bonds. The van der Waals surface area contributed by atoms with Crippen molar-refractivity contribution in [1.29, 1.82) is 0 Å². The summed E-state index contributed by atoms with van der Waals surface area (Å²) < 4.78 is 10.9. The fraction of sp³-hybridized carbons (Fsp3) is 0.667. The van der Waals surface area contributed by atoms with Crippen molar-refractivity contribution in [1.82, 2.24) is 5.32 Å². The lowest BCUT2D eigenvalue weighted by Gasteiger charge is -2.19. The molecule has 1 rings (SSSR count). The third-order valence-corrected chi connectivity index (χ3v) is 3.65. The van der Waals surface area contributed by atoms with Gasteiger partial charge in [0.1, 0.15) is 19.8 Å². The number of amides is 1. The molecule has 1 aliphatic heterocycles. The fourth-order valence-electron chi connectivity index (χ4n) is 1.77. The zero-order valence-electron chi connectivity index (χ0n) is 15.7. The van der Waals surface area contributed by atoms with E-state index >= 15 is 0 Å². The van der Waals surface area contributed by atoms with Gasteiger partial charge in [-0.2, -0.15) is 0 Å². The van der Waals surface area contributed by atoms with E-state index in [0.29, 0.717) is 13.1 Å². The van der Waals surface area contributed by atoms with E-state index in [1.54, 1.807) is 0 Å². The van der Waals surface area contributed by atoms with Crippen LogP contribution >= 0.6 is 0 Å². The Morgan fingerprint density at radius 3 is 2.83 bits per heavy atom. The first-order valence-electron chi connectivity index (χ1n) is 8.42. The summed E-state index contributed by atoms with van der Waals surface area (Å²) in [6.45, 7) is 13.3. The third kappa shape index (κ3) is 10.1. The molecule has 0 saturated carbocycles. The molecule has 1 unspecified atom stereocenters. The highest BCUT2D eigenvalue weighted by Gasteiger charge is 2.16. The fourth-order valence-corrected chi connectivity index (χ4v) is 2.27. The van der Waals surface area contributed by atoms with Crippen molar-refractivity contribution in [3.05, 3.63) is 11.8 Å². The Morgan fingerprint density at radius 1 is 1.50 bits per heavy atom. The van der Waals surface area contributed by atoms with E-state index in [4.69, 9.17) is 9.47 Å². The number of ether oxygens (including phenoxy) is 2. The summed E-state index contributed by atoms with van der Waals surface area (Å²) in [7, 11) is -1.37. The van der Waals surface area contributed by atoms with Gasteiger partial charge in [0.05, 0.1) is 0 Å². The Morgan fingerprint density at radius 2 is 2.21 bits per heavy atom. The van der Waals surface area contributed by atoms with Crippen LogP contribution in [0.1, 0.15) is 33.6 Å². The largest absolute Gasteiger partial charge is 0.477 e. The molecule has 0 bridgehead atoms. The second-order valence-electron chi connectivity index (χ2n) is 7.80. The quantitative estimate of drug-likeness (QED) is 0.357. The molecule has 24 heavy (non-hydrogen) atoms. The number of nitrogens with one attached hydrogen (secondary N) is 1. The lowest BCUT2D eigenvalue weighted by atomic mass is 10.2. The molecule has 0 radical (unpaired) electrons. The summed E-state index contributed by atoms with van der Waals surface area (Å²) in [6, 6.07) is 0. The van der Waals surface area contributed by atoms with Crippen LogP contribution in [0, 0.1) is 11.5 Å². The van der Waals surface area contributed by atoms with Gasteiger partial charge in [-0.1, -0.05) is 19.6 Å². The summed E-state index contributed by atoms with van der Waals surface area (Å²) in [5.41, 5.74) is 2.83. The Labute approximate surface area is 146 Å². The van der Waals surface area contributed by atoms with Gasteiger partial charge in [0.2, 0.25) is 0 Å². The number of carbonyl (C=O) groups is 1. The molecule has 0 aromatic carbocycles. The standard InChI is InChI=1S/C18H30N2O3Si/c1-18(2,3)23-17(21)20-12-7-11-19-14-16-9-8-15(22-16)10-13-24(4,5)6/h8,14,16H,7,9,11-12H2,1-6H3,(H,20,21). The molecule has 1 atom stereocenters. The topological polar surface area (TPSA) is 59.9 Å². The number of alkyl carbamates (subject to hydrolysis) is 1. The van der Waals surface area contributed by atoms with Crippen LogP contribution in [-0.4, -0.2) is 45.2 Å². The zero-order chi connectivity index (χ0) is 18.2. The van der Waals surface area contributed by atoms with E-state index in [2.05, 4.69) is 41.4 Å². The second kappa shape index (κ2) is 8.93. The molecular formula is C18H30N2O3Si. The third-order valence-electron chi connectivity index (χ3n) is 2.78. The summed E-state index contributed by atoms with van der Waals surface area (Å²) >= 11 is 0. The Hall–Kier alpha value is -1.74. The van der Waals surface area contributed by atoms with E-state index in [1.807, 2.05) is 33.1 Å². The van der Waals surface area contributed by atoms with Crippen molar-refractivity contribution < 1.29 is 14.3 Å². The Bertz CT molecular complexity index is 545. The maximum Gasteiger partial charge on any atom is 0.407 e. The average Bonchev–Trinajstić information content (AvgIpc) is 2.85. The molecule has 1 heterocycles. The Balaban J connectivity index is 2.17. The minimum absolute atomic E-state index is 0.0187. The SMILES string of the molecule is CC(C)(C)OC(=O)NCCCN=CC1CC=C(C#C[Si](C)(C)C)O1. The summed E-state index contributed by atoms with van der Waals surface area (Å²) in [4.78, 5) is 15.8. The van der Waals surface area contributed by atoms with Crippen LogP contribution in [0.5, 0.6) is 0 Å². The van der Waals surface area contributed by atoms with Gasteiger partial charge < -0.3 is 14.8 Å². The maximum atomic E-state index is 11.5. The second-order valence-corrected chi connectivity index (χ2v) is 12.5. The Kier molecular flexibility index (Phi) is 7.55. The van der Waals surface area contributed by atoms with Gasteiger partial charge >= 0.3 is 6.09 Å². The van der Waals surface area contributed by atoms with Gasteiger partial charge in [-0.3, -0.25) is 4.99 Å². The molecule has 0 aromatic heterocycles. The lowest BCUT2D eigenvalue weighted by molar-refractivity contribution is 0.0527. The maximum absolute atomic E-state index is 11.5. The van der Waals surface area contributed by atoms with Crippen LogP contribution < -0.4 is 5.32 Å². The lowest BCUT2D eigenvalue weighted by Crippen LogP contribution is -2.33. The van der Waals surface area contributed by atoms with E-state index in [9.17, 15) is 4.79 Å². The van der Waals surface area contributed by atoms with E-state index in [1.165, 1.54) is 0 Å². The molecule has 134 valence electrons. The first kappa shape index (κ1) is 20.3. The monoisotopic (exact) mass is 350 g/mol. The van der Waals surface area contributed by atoms with E-state index in [-0.39, 0.29) is 12.2 Å². The van der Waals surface area contributed by atoms with E-state index < -0.39 is 13.7 Å². The molecule has 0 saturated heterocycles. The molecular weight excluding hydrogens is 320 g/mol. The molecule has 5 nitrogen and oxygen atoms in total. The molecule has 6 heteroatoms. The number of nitrogens with zero attached hydrogens (tertiary/aromatic N) is 1. The van der Waals surface area contributed by atoms with Crippen molar-refractivity contribution >= 4 is 20.4 Å². The first-order chi connectivity index (χ1) is 11.1. The summed E-state index contributed by atoms with van der Waals surface area (Å²) in [5.74, 6) is 3.89. The first-order valence-corrected chi connectivity index (χ1v) is 11.9. The van der Waals surface area contributed by atoms with Gasteiger partial charge in [-0.15, -0.1) is 5.54 Å². The predicted octanol–water partition coefficient (Wildman–Crippen LogP) is 3.53. The van der Waals surface area contributed by atoms with Crippen LogP contribution in [0.25, 0.3) is 0 Å². The van der Waals surface area contributed by atoms with Crippen molar-refractivity contribution in [3.63, 3.8) is 0 Å². The molecule has 0 aromatic rings. The minimum atomic E-state index is -1.37. The summed E-state index contributed by atoms with van der Waals surface area (Å²) in [5, 5.41) is 2.71. The number of allylic oxidation sites excluding steroid dienone is 1. The van der Waals surface area contributed by atoms with Crippen LogP contribution in [0.3, 0.4) is 0 Å². The van der Waals surface area contributed by atoms with Crippen LogP contribution in [0.4, 0.5) is 4.79 Å². The molecule has 0 fully saturated rings. The van der Waals surface area contributed by atoms with Gasteiger partial charge in [0.15, 0.2) is 5.76 Å². The molecule has 0 spiro atoms. The van der Waals surface area contributed by atoms with Gasteiger partial charge in [-0.25, -0.2) is 4.79 Å². The van der Waals surface area contributed by atoms with Crippen molar-refractivity contribution in [2.24, 2.45) is 4.99 Å². The number of aliphatic imine (C=N–C) groups is 1. The number of hydrogen-bond acceptors (Lipinski definition) is 4. The molecule has 1 aliphatic rings.